The zero-order valence-corrected chi connectivity index (χ0v) is 16.9. The van der Waals surface area contributed by atoms with E-state index in [1.807, 2.05) is 54.5 Å². The summed E-state index contributed by atoms with van der Waals surface area (Å²) in [5, 5.41) is 5.29. The van der Waals surface area contributed by atoms with Gasteiger partial charge in [-0.05, 0) is 24.6 Å². The number of hydrogen-bond donors (Lipinski definition) is 0. The number of anilines is 1. The highest BCUT2D eigenvalue weighted by Gasteiger charge is 2.20. The average molecular weight is 409 g/mol. The van der Waals surface area contributed by atoms with Gasteiger partial charge in [-0.2, -0.15) is 5.10 Å². The van der Waals surface area contributed by atoms with Crippen LogP contribution < -0.4 is 4.90 Å². The molecule has 4 heterocycles. The van der Waals surface area contributed by atoms with E-state index in [9.17, 15) is 0 Å². The Labute approximate surface area is 173 Å². The molecule has 0 atom stereocenters. The number of aromatic nitrogens is 5. The average Bonchev–Trinajstić information content (AvgIpc) is 3.33. The molecule has 1 fully saturated rings. The number of aryl methyl sites for hydroxylation is 1. The van der Waals surface area contributed by atoms with Crippen LogP contribution in [0.25, 0.3) is 16.9 Å². The van der Waals surface area contributed by atoms with Crippen LogP contribution in [0.3, 0.4) is 0 Å². The van der Waals surface area contributed by atoms with Crippen molar-refractivity contribution in [2.24, 2.45) is 0 Å². The smallest absolute Gasteiger partial charge is 0.181 e. The van der Waals surface area contributed by atoms with Crippen LogP contribution in [0, 0.1) is 6.92 Å². The van der Waals surface area contributed by atoms with Crippen LogP contribution in [0.4, 0.5) is 5.82 Å². The summed E-state index contributed by atoms with van der Waals surface area (Å²) in [6.07, 6.45) is 7.74. The van der Waals surface area contributed by atoms with Crippen LogP contribution in [-0.4, -0.2) is 50.5 Å². The molecule has 1 aromatic carbocycles. The first-order chi connectivity index (χ1) is 14.2. The van der Waals surface area contributed by atoms with E-state index in [-0.39, 0.29) is 0 Å². The van der Waals surface area contributed by atoms with Gasteiger partial charge in [-0.3, -0.25) is 9.08 Å². The maximum Gasteiger partial charge on any atom is 0.181 e. The fourth-order valence-electron chi connectivity index (χ4n) is 3.77. The van der Waals surface area contributed by atoms with Crippen LogP contribution in [0.5, 0.6) is 0 Å². The van der Waals surface area contributed by atoms with Crippen molar-refractivity contribution in [3.05, 3.63) is 65.3 Å². The monoisotopic (exact) mass is 408 g/mol. The first-order valence-electron chi connectivity index (χ1n) is 9.63. The highest BCUT2D eigenvalue weighted by atomic mass is 35.5. The Morgan fingerprint density at radius 3 is 2.72 bits per heavy atom. The van der Waals surface area contributed by atoms with Gasteiger partial charge in [0, 0.05) is 42.3 Å². The summed E-state index contributed by atoms with van der Waals surface area (Å²) in [7, 11) is 0. The topological polar surface area (TPSA) is 60.5 Å². The number of hydrogen-bond acceptors (Lipinski definition) is 5. The molecule has 0 aliphatic carbocycles. The van der Waals surface area contributed by atoms with Crippen LogP contribution in [0.1, 0.15) is 11.3 Å². The van der Waals surface area contributed by atoms with Gasteiger partial charge < -0.3 is 9.64 Å². The van der Waals surface area contributed by atoms with Gasteiger partial charge in [0.05, 0.1) is 37.3 Å². The lowest BCUT2D eigenvalue weighted by Gasteiger charge is -2.27. The quantitative estimate of drug-likeness (QED) is 0.517. The first-order valence-corrected chi connectivity index (χ1v) is 10.0. The minimum atomic E-state index is 0.688. The Balaban J connectivity index is 1.50. The van der Waals surface area contributed by atoms with E-state index in [0.717, 1.165) is 52.1 Å². The maximum absolute atomic E-state index is 5.98. The Bertz CT molecular complexity index is 1140. The molecule has 0 radical (unpaired) electrons. The first kappa shape index (κ1) is 18.1. The summed E-state index contributed by atoms with van der Waals surface area (Å²) < 4.78 is 9.51. The summed E-state index contributed by atoms with van der Waals surface area (Å²) in [5.41, 5.74) is 5.05. The van der Waals surface area contributed by atoms with Crippen molar-refractivity contribution < 1.29 is 4.74 Å². The van der Waals surface area contributed by atoms with Crippen molar-refractivity contribution in [1.29, 1.82) is 0 Å². The van der Waals surface area contributed by atoms with Gasteiger partial charge in [0.15, 0.2) is 11.5 Å². The van der Waals surface area contributed by atoms with Crippen molar-refractivity contribution in [3.8, 4) is 11.3 Å². The molecular formula is C21H21ClN6O. The van der Waals surface area contributed by atoms with Crippen LogP contribution in [0.2, 0.25) is 5.02 Å². The van der Waals surface area contributed by atoms with Crippen molar-refractivity contribution in [2.75, 3.05) is 31.2 Å². The molecule has 3 aromatic heterocycles. The van der Waals surface area contributed by atoms with Gasteiger partial charge in [0.2, 0.25) is 0 Å². The maximum atomic E-state index is 5.98. The largest absolute Gasteiger partial charge is 0.378 e. The molecule has 1 aliphatic rings. The van der Waals surface area contributed by atoms with E-state index in [4.69, 9.17) is 21.3 Å². The molecule has 7 nitrogen and oxygen atoms in total. The minimum absolute atomic E-state index is 0.688. The Kier molecular flexibility index (Phi) is 4.69. The number of halogens is 1. The highest BCUT2D eigenvalue weighted by molar-refractivity contribution is 6.30. The molecule has 4 aromatic rings. The lowest BCUT2D eigenvalue weighted by Crippen LogP contribution is -2.37. The third-order valence-corrected chi connectivity index (χ3v) is 5.43. The number of ether oxygens (including phenoxy) is 1. The summed E-state index contributed by atoms with van der Waals surface area (Å²) in [6.45, 7) is 5.80. The lowest BCUT2D eigenvalue weighted by atomic mass is 10.2. The standard InChI is InChI=1S/C21H21ClN6O/c1-15-19(17-12-24-27(14-17)13-16-2-4-18(22)5-3-16)28-7-6-23-20(21(28)25-15)26-8-10-29-11-9-26/h2-7,12,14H,8-11,13H2,1H3. The fourth-order valence-corrected chi connectivity index (χ4v) is 3.90. The summed E-state index contributed by atoms with van der Waals surface area (Å²) in [6, 6.07) is 7.83. The predicted molar refractivity (Wildman–Crippen MR) is 113 cm³/mol. The predicted octanol–water partition coefficient (Wildman–Crippen LogP) is 3.44. The van der Waals surface area contributed by atoms with E-state index in [0.29, 0.717) is 19.8 Å². The van der Waals surface area contributed by atoms with E-state index in [1.54, 1.807) is 0 Å². The number of benzene rings is 1. The molecule has 1 aliphatic heterocycles. The highest BCUT2D eigenvalue weighted by Crippen LogP contribution is 2.28. The van der Waals surface area contributed by atoms with Gasteiger partial charge in [-0.15, -0.1) is 0 Å². The Hall–Kier alpha value is -2.90. The van der Waals surface area contributed by atoms with Crippen molar-refractivity contribution >= 4 is 23.1 Å². The van der Waals surface area contributed by atoms with Crippen molar-refractivity contribution in [1.82, 2.24) is 24.1 Å². The second-order valence-electron chi connectivity index (χ2n) is 7.14. The molecule has 0 spiro atoms. The molecule has 148 valence electrons. The number of morpholine rings is 1. The minimum Gasteiger partial charge on any atom is -0.378 e. The molecule has 0 bridgehead atoms. The second-order valence-corrected chi connectivity index (χ2v) is 7.58. The summed E-state index contributed by atoms with van der Waals surface area (Å²) >= 11 is 5.98. The lowest BCUT2D eigenvalue weighted by molar-refractivity contribution is 0.122. The number of nitrogens with zero attached hydrogens (tertiary/aromatic N) is 6. The van der Waals surface area contributed by atoms with Gasteiger partial charge in [-0.1, -0.05) is 23.7 Å². The molecule has 1 saturated heterocycles. The second kappa shape index (κ2) is 7.50. The molecule has 5 rings (SSSR count). The van der Waals surface area contributed by atoms with E-state index < -0.39 is 0 Å². The number of fused-ring (bicyclic) bond motifs is 1. The Morgan fingerprint density at radius 2 is 1.93 bits per heavy atom. The molecule has 0 amide bonds. The normalized spacial score (nSPS) is 14.6. The summed E-state index contributed by atoms with van der Waals surface area (Å²) in [5.74, 6) is 0.902. The van der Waals surface area contributed by atoms with E-state index in [1.165, 1.54) is 0 Å². The molecule has 0 N–H and O–H groups in total. The number of imidazole rings is 1. The zero-order chi connectivity index (χ0) is 19.8. The fraction of sp³-hybridized carbons (Fsp3) is 0.286. The van der Waals surface area contributed by atoms with Gasteiger partial charge in [0.1, 0.15) is 0 Å². The third kappa shape index (κ3) is 3.47. The van der Waals surface area contributed by atoms with Gasteiger partial charge in [-0.25, -0.2) is 9.97 Å². The third-order valence-electron chi connectivity index (χ3n) is 5.17. The molecule has 0 saturated carbocycles. The SMILES string of the molecule is Cc1nc2c(N3CCOCC3)nccn2c1-c1cnn(Cc2ccc(Cl)cc2)c1. The van der Waals surface area contributed by atoms with E-state index >= 15 is 0 Å². The van der Waals surface area contributed by atoms with Crippen LogP contribution in [0.15, 0.2) is 49.1 Å². The number of rotatable bonds is 4. The van der Waals surface area contributed by atoms with Crippen molar-refractivity contribution in [3.63, 3.8) is 0 Å². The molecule has 29 heavy (non-hydrogen) atoms. The van der Waals surface area contributed by atoms with Crippen LogP contribution >= 0.6 is 11.6 Å². The van der Waals surface area contributed by atoms with Crippen LogP contribution in [-0.2, 0) is 11.3 Å². The summed E-state index contributed by atoms with van der Waals surface area (Å²) in [4.78, 5) is 11.7. The van der Waals surface area contributed by atoms with Gasteiger partial charge >= 0.3 is 0 Å². The van der Waals surface area contributed by atoms with Crippen molar-refractivity contribution in [2.45, 2.75) is 13.5 Å². The van der Waals surface area contributed by atoms with E-state index in [2.05, 4.69) is 25.6 Å². The molecule has 8 heteroatoms. The molecular weight excluding hydrogens is 388 g/mol. The molecule has 0 unspecified atom stereocenters. The zero-order valence-electron chi connectivity index (χ0n) is 16.1. The van der Waals surface area contributed by atoms with Gasteiger partial charge in [0.25, 0.3) is 0 Å². The Morgan fingerprint density at radius 1 is 1.14 bits per heavy atom.